The van der Waals surface area contributed by atoms with E-state index in [1.807, 2.05) is 27.4 Å². The van der Waals surface area contributed by atoms with Crippen molar-refractivity contribution in [3.05, 3.63) is 0 Å². The summed E-state index contributed by atoms with van der Waals surface area (Å²) >= 11 is 0. The van der Waals surface area contributed by atoms with Gasteiger partial charge in [0.25, 0.3) is 0 Å². The van der Waals surface area contributed by atoms with Crippen LogP contribution in [0.2, 0.25) is 0 Å². The maximum Gasteiger partial charge on any atom is -0.0449 e. The summed E-state index contributed by atoms with van der Waals surface area (Å²) in [6, 6.07) is 0. The second-order valence-corrected chi connectivity index (χ2v) is 55.5. The van der Waals surface area contributed by atoms with Gasteiger partial charge in [0.05, 0.1) is 0 Å². The predicted molar refractivity (Wildman–Crippen MR) is 257 cm³/mol. The van der Waals surface area contributed by atoms with Gasteiger partial charge in [-0.3, -0.25) is 0 Å². The third kappa shape index (κ3) is 298. The Labute approximate surface area is 294 Å². The molecule has 0 aliphatic heterocycles. The molecular weight excluding hydrogens is 708 g/mol. The van der Waals surface area contributed by atoms with Gasteiger partial charge in [0.2, 0.25) is 0 Å². The monoisotopic (exact) mass is 803 g/mol. The van der Waals surface area contributed by atoms with Crippen molar-refractivity contribution in [1.29, 1.82) is 0 Å². The topological polar surface area (TPSA) is 52.1 Å². The molecule has 0 aliphatic carbocycles. The van der Waals surface area contributed by atoms with Crippen LogP contribution >= 0.6 is 57.6 Å². The van der Waals surface area contributed by atoms with E-state index in [1.165, 1.54) is 0 Å². The second-order valence-electron chi connectivity index (χ2n) is 18.5. The molecule has 45 heavy (non-hydrogen) atoms. The maximum atomic E-state index is 5.26. The molecule has 0 unspecified atom stereocenters. The number of hydrogen-bond donors (Lipinski definition) is 1. The molecule has 0 saturated heterocycles. The van der Waals surface area contributed by atoms with Gasteiger partial charge < -0.3 is 18.9 Å². The molecule has 0 heterocycles. The van der Waals surface area contributed by atoms with Gasteiger partial charge in [0.1, 0.15) is 0 Å². The minimum absolute atomic E-state index is 0.0983. The molecule has 290 valence electrons. The van der Waals surface area contributed by atoms with E-state index >= 15 is 0 Å². The zero-order chi connectivity index (χ0) is 39.6. The summed E-state index contributed by atoms with van der Waals surface area (Å²) in [6.07, 6.45) is 11.5. The molecule has 0 spiro atoms. The third-order valence-corrected chi connectivity index (χ3v) is 8.39. The van der Waals surface area contributed by atoms with E-state index in [0.717, 1.165) is 0 Å². The van der Waals surface area contributed by atoms with Gasteiger partial charge in [-0.15, -0.1) is 21.1 Å². The van der Waals surface area contributed by atoms with Crippen LogP contribution in [0, 0.1) is 0 Å². The number of hydrogen-bond acceptors (Lipinski definition) is 5. The Hall–Kier alpha value is 2.69. The van der Waals surface area contributed by atoms with E-state index < -0.39 is 41.5 Å². The summed E-state index contributed by atoms with van der Waals surface area (Å²) in [5.41, 5.74) is 0. The number of rotatable bonds is 4. The van der Waals surface area contributed by atoms with Crippen LogP contribution < -0.4 is 5.09 Å². The molecule has 13 heteroatoms. The minimum atomic E-state index is -1.58. The van der Waals surface area contributed by atoms with Gasteiger partial charge in [-0.1, -0.05) is 19.6 Å². The Bertz CT molecular complexity index is 793. The van der Waals surface area contributed by atoms with Crippen molar-refractivity contribution in [2.45, 2.75) is 0 Å². The Morgan fingerprint density at radius 3 is 0.733 bits per heavy atom. The average Bonchev–Trinajstić information content (AvgIpc) is 2.69. The van der Waals surface area contributed by atoms with Crippen LogP contribution in [0.4, 0.5) is 0 Å². The summed E-state index contributed by atoms with van der Waals surface area (Å²) in [4.78, 5) is 0. The molecule has 0 aromatic heterocycles. The summed E-state index contributed by atoms with van der Waals surface area (Å²) in [5.74, 6) is 0. The zero-order valence-corrected chi connectivity index (χ0v) is 44.0. The average molecular weight is 803 g/mol. The van der Waals surface area contributed by atoms with Crippen molar-refractivity contribution in [1.82, 2.24) is 5.09 Å². The van der Waals surface area contributed by atoms with E-state index in [0.29, 0.717) is 7.92 Å². The fraction of sp³-hybridized carbons (Fsp3) is 0.906. The van der Waals surface area contributed by atoms with Crippen LogP contribution in [-0.2, 0) is 13.6 Å². The molecule has 0 radical (unpaired) electrons. The van der Waals surface area contributed by atoms with E-state index in [-0.39, 0.29) is 8.15 Å². The smallest absolute Gasteiger partial charge is 0.0449 e. The van der Waals surface area contributed by atoms with Gasteiger partial charge in [-0.2, -0.15) is 0 Å². The van der Waals surface area contributed by atoms with Crippen LogP contribution in [0.25, 0.3) is 0 Å². The summed E-state index contributed by atoms with van der Waals surface area (Å²) in [7, 11) is 6.49. The van der Waals surface area contributed by atoms with Crippen LogP contribution in [0.1, 0.15) is 0 Å². The summed E-state index contributed by atoms with van der Waals surface area (Å²) in [5, 5.41) is 3.10. The van der Waals surface area contributed by atoms with E-state index in [1.54, 1.807) is 21.3 Å². The fourth-order valence-electron chi connectivity index (χ4n) is 0. The fourth-order valence-corrected chi connectivity index (χ4v) is 0. The predicted octanol–water partition coefficient (Wildman–Crippen LogP) is 11.1. The van der Waals surface area contributed by atoms with Crippen molar-refractivity contribution in [3.8, 4) is 0 Å². The molecule has 5 nitrogen and oxygen atoms in total. The quantitative estimate of drug-likeness (QED) is 0.288. The molecule has 0 saturated carbocycles. The van der Waals surface area contributed by atoms with E-state index in [9.17, 15) is 0 Å². The molecule has 0 atom stereocenters. The largest absolute Gasteiger partial charge is 0.116 e. The Morgan fingerprint density at radius 2 is 0.733 bits per heavy atom. The van der Waals surface area contributed by atoms with Crippen molar-refractivity contribution < 1.29 is 13.6 Å². The van der Waals surface area contributed by atoms with Gasteiger partial charge in [0, 0.05) is 29.4 Å². The van der Waals surface area contributed by atoms with Gasteiger partial charge in [-0.25, -0.2) is 0 Å². The van der Waals surface area contributed by atoms with Crippen molar-refractivity contribution >= 4 is 76.5 Å². The van der Waals surface area contributed by atoms with Crippen molar-refractivity contribution in [3.63, 3.8) is 0 Å². The van der Waals surface area contributed by atoms with Crippen LogP contribution in [0.3, 0.4) is 0 Å². The SMILES string of the molecule is C=P(C)(C)C.C=P(C)(C)NC.C=P(C)(C)OC.CN=P(C)(C)C.COP(C)(C)(C)C.COP(C)C.CP(C)(C)(C)C.CP(C)C. The first-order chi connectivity index (χ1) is 18.7. The van der Waals surface area contributed by atoms with Crippen molar-refractivity contribution in [2.24, 2.45) is 4.74 Å². The maximum absolute atomic E-state index is 5.26. The molecule has 0 aromatic rings. The van der Waals surface area contributed by atoms with Gasteiger partial charge >= 0.3 is 85.1 Å². The molecule has 0 bridgehead atoms. The summed E-state index contributed by atoms with van der Waals surface area (Å²) in [6.45, 7) is 49.4. The molecule has 0 rings (SSSR count). The van der Waals surface area contributed by atoms with Crippen molar-refractivity contribution in [2.75, 3.05) is 195 Å². The van der Waals surface area contributed by atoms with E-state index in [2.05, 4.69) is 175 Å². The van der Waals surface area contributed by atoms with Crippen LogP contribution in [-0.4, -0.2) is 214 Å². The first-order valence-corrected chi connectivity index (χ1v) is 40.1. The molecule has 0 aliphatic rings. The van der Waals surface area contributed by atoms with Crippen LogP contribution in [0.5, 0.6) is 0 Å². The Balaban J connectivity index is -0.0000000582. The number of nitrogens with one attached hydrogen (secondary N) is 1. The Morgan fingerprint density at radius 1 is 0.622 bits per heavy atom. The summed E-state index contributed by atoms with van der Waals surface area (Å²) < 4.78 is 19.1. The zero-order valence-electron chi connectivity index (χ0n) is 36.9. The third-order valence-electron chi connectivity index (χ3n) is 2.80. The standard InChI is InChI=1S/C5H15OP.C5H15P.2C4H12NP.C4H11OP.C4H11P.C3H9OP.C3H9P/c1-6-7(2,3,4)5;1-6(2,3,4)5;3*1-5-6(2,3)4;1-5(2,3)4;1-4-5(2)3;1-4(2)3/h1-5H3;1-5H3;1-4H3;5H,2H2,1,3-4H3;2H2,1,3-4H3;1H2,2-4H3;1-3H3;1-3H3. The first-order valence-electron chi connectivity index (χ1n) is 14.8. The Kier molecular flexibility index (Phi) is 43.0. The van der Waals surface area contributed by atoms with Gasteiger partial charge in [0.15, 0.2) is 0 Å². The second kappa shape index (κ2) is 29.3. The molecule has 0 amide bonds. The van der Waals surface area contributed by atoms with Crippen LogP contribution in [0.15, 0.2) is 4.74 Å². The normalized spacial score (nSPS) is 13.2. The molecule has 1 N–H and O–H groups in total. The minimum Gasteiger partial charge on any atom is -0.116 e. The molecule has 0 aromatic carbocycles. The first kappa shape index (κ1) is 66.0. The van der Waals surface area contributed by atoms with Gasteiger partial charge in [-0.05, 0) is 121 Å². The van der Waals surface area contributed by atoms with E-state index in [4.69, 9.17) is 13.6 Å². The molecular formula is C32H94N2O3P8. The molecule has 0 fully saturated rings. The number of nitrogens with zero attached hydrogens (tertiary/aromatic N) is 1.